The highest BCUT2D eigenvalue weighted by Gasteiger charge is 2.41. The van der Waals surface area contributed by atoms with Crippen LogP contribution < -0.4 is 5.32 Å². The van der Waals surface area contributed by atoms with E-state index in [-0.39, 0.29) is 22.5 Å². The van der Waals surface area contributed by atoms with Crippen molar-refractivity contribution in [3.8, 4) is 28.3 Å². The van der Waals surface area contributed by atoms with Crippen molar-refractivity contribution in [1.82, 2.24) is 20.3 Å². The average Bonchev–Trinajstić information content (AvgIpc) is 3.37. The fourth-order valence-corrected chi connectivity index (χ4v) is 3.23. The molecule has 0 saturated heterocycles. The van der Waals surface area contributed by atoms with Crippen molar-refractivity contribution in [3.05, 3.63) is 77.6 Å². The lowest BCUT2D eigenvalue weighted by Gasteiger charge is -2.12. The summed E-state index contributed by atoms with van der Waals surface area (Å²) in [5, 5.41) is 9.78. The van der Waals surface area contributed by atoms with E-state index in [2.05, 4.69) is 15.6 Å². The van der Waals surface area contributed by atoms with Crippen LogP contribution in [0.25, 0.3) is 28.3 Å². The molecule has 0 aliphatic carbocycles. The molecule has 1 amide bonds. The molecule has 1 N–H and O–H groups in total. The molecule has 0 atom stereocenters. The highest BCUT2D eigenvalue weighted by atomic mass is 19.4. The summed E-state index contributed by atoms with van der Waals surface area (Å²) in [5.41, 5.74) is -2.42. The summed E-state index contributed by atoms with van der Waals surface area (Å²) in [4.78, 5) is 12.6. The van der Waals surface area contributed by atoms with Gasteiger partial charge in [0, 0.05) is 12.6 Å². The molecular weight excluding hydrogens is 435 g/mol. The Balaban J connectivity index is 1.97. The van der Waals surface area contributed by atoms with Gasteiger partial charge in [0.2, 0.25) is 0 Å². The Morgan fingerprint density at radius 3 is 2.38 bits per heavy atom. The first kappa shape index (κ1) is 21.2. The van der Waals surface area contributed by atoms with Gasteiger partial charge in [0.05, 0.1) is 17.4 Å². The van der Waals surface area contributed by atoms with E-state index in [1.807, 2.05) is 0 Å². The second-order valence-electron chi connectivity index (χ2n) is 6.62. The number of halogens is 5. The summed E-state index contributed by atoms with van der Waals surface area (Å²) < 4.78 is 75.1. The zero-order chi connectivity index (χ0) is 23.0. The van der Waals surface area contributed by atoms with Crippen molar-refractivity contribution in [2.45, 2.75) is 6.18 Å². The van der Waals surface area contributed by atoms with Gasteiger partial charge >= 0.3 is 6.18 Å². The van der Waals surface area contributed by atoms with E-state index < -0.39 is 40.7 Å². The van der Waals surface area contributed by atoms with Crippen molar-refractivity contribution in [3.63, 3.8) is 0 Å². The van der Waals surface area contributed by atoms with Crippen LogP contribution in [0.15, 0.2) is 59.3 Å². The van der Waals surface area contributed by atoms with Gasteiger partial charge in [0.1, 0.15) is 22.9 Å². The average molecular weight is 448 g/mol. The number of carbonyl (C=O) groups is 1. The lowest BCUT2D eigenvalue weighted by molar-refractivity contribution is -0.142. The predicted octanol–water partition coefficient (Wildman–Crippen LogP) is 4.85. The number of amides is 1. The van der Waals surface area contributed by atoms with Crippen LogP contribution in [0.4, 0.5) is 22.0 Å². The Kier molecular flexibility index (Phi) is 5.25. The van der Waals surface area contributed by atoms with Gasteiger partial charge in [-0.15, -0.1) is 0 Å². The van der Waals surface area contributed by atoms with Crippen LogP contribution in [0.5, 0.6) is 0 Å². The molecule has 4 rings (SSSR count). The summed E-state index contributed by atoms with van der Waals surface area (Å²) in [6.07, 6.45) is -4.11. The molecule has 0 unspecified atom stereocenters. The lowest BCUT2D eigenvalue weighted by atomic mass is 10.0. The minimum absolute atomic E-state index is 0.129. The van der Waals surface area contributed by atoms with E-state index in [1.165, 1.54) is 31.3 Å². The molecule has 2 aromatic heterocycles. The standard InChI is InChI=1S/C21H13F5N4O2/c1-27-20(31)16-17(11-4-2-5-12(22)8-11)29-32-18(16)15-10-28-30(19(15)21(24,25)26)14-7-3-6-13(23)9-14/h2-10H,1H3,(H,27,31). The largest absolute Gasteiger partial charge is 0.434 e. The van der Waals surface area contributed by atoms with E-state index in [0.29, 0.717) is 4.68 Å². The smallest absolute Gasteiger partial charge is 0.355 e. The number of nitrogens with one attached hydrogen (secondary N) is 1. The fourth-order valence-electron chi connectivity index (χ4n) is 3.23. The van der Waals surface area contributed by atoms with E-state index in [1.54, 1.807) is 0 Å². The second kappa shape index (κ2) is 7.91. The third kappa shape index (κ3) is 3.72. The maximum absolute atomic E-state index is 14.0. The number of benzene rings is 2. The lowest BCUT2D eigenvalue weighted by Crippen LogP contribution is -2.19. The summed E-state index contributed by atoms with van der Waals surface area (Å²) in [7, 11) is 1.27. The molecule has 0 saturated carbocycles. The zero-order valence-electron chi connectivity index (χ0n) is 16.2. The molecule has 2 aromatic carbocycles. The number of alkyl halides is 3. The number of aromatic nitrogens is 3. The molecule has 4 aromatic rings. The second-order valence-corrected chi connectivity index (χ2v) is 6.62. The van der Waals surface area contributed by atoms with Crippen molar-refractivity contribution >= 4 is 5.91 Å². The van der Waals surface area contributed by atoms with Gasteiger partial charge in [-0.25, -0.2) is 13.5 Å². The van der Waals surface area contributed by atoms with Gasteiger partial charge in [0.15, 0.2) is 11.5 Å². The Labute approximate surface area is 177 Å². The molecule has 164 valence electrons. The SMILES string of the molecule is CNC(=O)c1c(-c2cccc(F)c2)noc1-c1cnn(-c2cccc(F)c2)c1C(F)(F)F. The third-order valence-corrected chi connectivity index (χ3v) is 4.58. The van der Waals surface area contributed by atoms with Crippen LogP contribution in [0.1, 0.15) is 16.1 Å². The van der Waals surface area contributed by atoms with E-state index in [9.17, 15) is 26.7 Å². The monoisotopic (exact) mass is 448 g/mol. The van der Waals surface area contributed by atoms with Gasteiger partial charge in [-0.05, 0) is 30.3 Å². The van der Waals surface area contributed by atoms with Gasteiger partial charge in [-0.3, -0.25) is 4.79 Å². The Morgan fingerprint density at radius 2 is 1.75 bits per heavy atom. The normalized spacial score (nSPS) is 11.6. The number of hydrogen-bond acceptors (Lipinski definition) is 4. The number of hydrogen-bond donors (Lipinski definition) is 1. The van der Waals surface area contributed by atoms with Crippen molar-refractivity contribution in [2.75, 3.05) is 7.05 Å². The summed E-state index contributed by atoms with van der Waals surface area (Å²) in [6, 6.07) is 9.44. The highest BCUT2D eigenvalue weighted by Crippen LogP contribution is 2.41. The molecule has 0 spiro atoms. The molecule has 0 radical (unpaired) electrons. The molecule has 2 heterocycles. The molecule has 0 aliphatic rings. The predicted molar refractivity (Wildman–Crippen MR) is 103 cm³/mol. The fraction of sp³-hybridized carbons (Fsp3) is 0.0952. The van der Waals surface area contributed by atoms with Gasteiger partial charge < -0.3 is 9.84 Å². The van der Waals surface area contributed by atoms with Crippen molar-refractivity contribution < 1.29 is 31.3 Å². The van der Waals surface area contributed by atoms with E-state index >= 15 is 0 Å². The van der Waals surface area contributed by atoms with E-state index in [0.717, 1.165) is 30.5 Å². The summed E-state index contributed by atoms with van der Waals surface area (Å²) in [6.45, 7) is 0. The van der Waals surface area contributed by atoms with E-state index in [4.69, 9.17) is 4.52 Å². The van der Waals surface area contributed by atoms with Crippen LogP contribution in [0.3, 0.4) is 0 Å². The number of carbonyl (C=O) groups excluding carboxylic acids is 1. The Morgan fingerprint density at radius 1 is 1.06 bits per heavy atom. The van der Waals surface area contributed by atoms with Gasteiger partial charge in [-0.1, -0.05) is 23.4 Å². The highest BCUT2D eigenvalue weighted by molar-refractivity contribution is 6.05. The zero-order valence-corrected chi connectivity index (χ0v) is 16.2. The Hall–Kier alpha value is -4.02. The first-order valence-electron chi connectivity index (χ1n) is 9.10. The number of rotatable bonds is 4. The molecule has 32 heavy (non-hydrogen) atoms. The third-order valence-electron chi connectivity index (χ3n) is 4.58. The molecule has 0 bridgehead atoms. The summed E-state index contributed by atoms with van der Waals surface area (Å²) in [5.74, 6) is -2.71. The maximum Gasteiger partial charge on any atom is 0.434 e. The minimum Gasteiger partial charge on any atom is -0.355 e. The van der Waals surface area contributed by atoms with Crippen LogP contribution in [-0.4, -0.2) is 27.9 Å². The molecular formula is C21H13F5N4O2. The van der Waals surface area contributed by atoms with Gasteiger partial charge in [-0.2, -0.15) is 18.3 Å². The minimum atomic E-state index is -4.95. The molecule has 0 aliphatic heterocycles. The van der Waals surface area contributed by atoms with Crippen molar-refractivity contribution in [2.24, 2.45) is 0 Å². The first-order chi connectivity index (χ1) is 15.2. The van der Waals surface area contributed by atoms with Crippen LogP contribution in [-0.2, 0) is 6.18 Å². The molecule has 11 heteroatoms. The first-order valence-corrected chi connectivity index (χ1v) is 9.10. The van der Waals surface area contributed by atoms with Crippen LogP contribution in [0, 0.1) is 11.6 Å². The number of nitrogens with zero attached hydrogens (tertiary/aromatic N) is 3. The maximum atomic E-state index is 14.0. The Bertz CT molecular complexity index is 1310. The quantitative estimate of drug-likeness (QED) is 0.453. The van der Waals surface area contributed by atoms with Crippen molar-refractivity contribution in [1.29, 1.82) is 0 Å². The summed E-state index contributed by atoms with van der Waals surface area (Å²) >= 11 is 0. The molecule has 0 fully saturated rings. The topological polar surface area (TPSA) is 73.0 Å². The van der Waals surface area contributed by atoms with Crippen LogP contribution in [0.2, 0.25) is 0 Å². The van der Waals surface area contributed by atoms with Crippen LogP contribution >= 0.6 is 0 Å². The molecule has 6 nitrogen and oxygen atoms in total. The van der Waals surface area contributed by atoms with Gasteiger partial charge in [0.25, 0.3) is 5.91 Å².